The molecule has 1 unspecified atom stereocenters. The summed E-state index contributed by atoms with van der Waals surface area (Å²) < 4.78 is 6.63. The number of carbonyl (C=O) groups excluding carboxylic acids is 3. The van der Waals surface area contributed by atoms with E-state index in [1.54, 1.807) is 0 Å². The Morgan fingerprint density at radius 1 is 1.36 bits per heavy atom. The number of nitrogens with one attached hydrogen (secondary N) is 1. The maximum atomic E-state index is 13.0. The zero-order valence-electron chi connectivity index (χ0n) is 18.9. The van der Waals surface area contributed by atoms with Crippen LogP contribution >= 0.6 is 11.8 Å². The third kappa shape index (κ3) is 4.13. The van der Waals surface area contributed by atoms with Gasteiger partial charge in [-0.15, -0.1) is 11.8 Å². The van der Waals surface area contributed by atoms with Gasteiger partial charge in [-0.1, -0.05) is 28.5 Å². The number of β-lactam (4-membered cyclic amide) rings is 1. The van der Waals surface area contributed by atoms with Crippen LogP contribution in [0, 0.1) is 0 Å². The summed E-state index contributed by atoms with van der Waals surface area (Å²) >= 11 is 1.35. The third-order valence-corrected chi connectivity index (χ3v) is 7.16. The first-order chi connectivity index (χ1) is 17.4. The summed E-state index contributed by atoms with van der Waals surface area (Å²) in [6, 6.07) is 10.1. The number of hydrogen-bond donors (Lipinski definition) is 2. The van der Waals surface area contributed by atoms with Crippen molar-refractivity contribution in [2.75, 3.05) is 18.6 Å². The van der Waals surface area contributed by atoms with Crippen molar-refractivity contribution in [1.29, 1.82) is 0 Å². The van der Waals surface area contributed by atoms with Crippen molar-refractivity contribution in [3.05, 3.63) is 65.8 Å². The van der Waals surface area contributed by atoms with Crippen LogP contribution in [0.15, 0.2) is 69.7 Å². The van der Waals surface area contributed by atoms with Crippen LogP contribution in [0.3, 0.4) is 0 Å². The van der Waals surface area contributed by atoms with E-state index in [0.717, 1.165) is 15.7 Å². The number of thioether (sulfide) groups is 1. The molecule has 3 N–H and O–H groups in total. The molecule has 1 fully saturated rings. The molecular formula is C23H20N6O6S. The summed E-state index contributed by atoms with van der Waals surface area (Å²) in [6.45, 7) is 0.271. The molecule has 4 heterocycles. The number of rotatable bonds is 7. The highest BCUT2D eigenvalue weighted by Crippen LogP contribution is 2.40. The topological polar surface area (TPSA) is 167 Å². The number of aromatic nitrogens is 2. The molecule has 36 heavy (non-hydrogen) atoms. The molecule has 12 nitrogen and oxygen atoms in total. The Hall–Kier alpha value is -4.39. The fraction of sp³-hybridized carbons (Fsp3) is 0.217. The number of nitrogens with two attached hydrogens (primary N) is 1. The van der Waals surface area contributed by atoms with Crippen LogP contribution in [0.5, 0.6) is 0 Å². The lowest BCUT2D eigenvalue weighted by Crippen LogP contribution is -2.71. The second-order valence-electron chi connectivity index (χ2n) is 8.08. The number of carbonyl (C=O) groups is 3. The summed E-state index contributed by atoms with van der Waals surface area (Å²) in [5.41, 5.74) is 5.65. The van der Waals surface area contributed by atoms with Crippen molar-refractivity contribution >= 4 is 51.9 Å². The largest absolute Gasteiger partial charge is 0.543 e. The highest BCUT2D eigenvalue weighted by molar-refractivity contribution is 8.00. The smallest absolute Gasteiger partial charge is 0.276 e. The fourth-order valence-electron chi connectivity index (χ4n) is 4.20. The molecule has 3 aromatic rings. The molecule has 2 aliphatic heterocycles. The molecule has 0 saturated carbocycles. The maximum absolute atomic E-state index is 13.0. The number of pyridine rings is 1. The van der Waals surface area contributed by atoms with Crippen LogP contribution in [0.1, 0.15) is 5.69 Å². The Kier molecular flexibility index (Phi) is 6.06. The van der Waals surface area contributed by atoms with Gasteiger partial charge in [0.25, 0.3) is 11.8 Å². The minimum atomic E-state index is -1.45. The first-order valence-corrected chi connectivity index (χ1v) is 11.8. The van der Waals surface area contributed by atoms with Gasteiger partial charge in [0.05, 0.1) is 11.7 Å². The zero-order valence-corrected chi connectivity index (χ0v) is 19.7. The number of hydrogen-bond acceptors (Lipinski definition) is 10. The van der Waals surface area contributed by atoms with Gasteiger partial charge in [0.15, 0.2) is 24.7 Å². The van der Waals surface area contributed by atoms with Crippen molar-refractivity contribution < 1.29 is 33.4 Å². The van der Waals surface area contributed by atoms with Crippen LogP contribution in [-0.4, -0.2) is 57.8 Å². The van der Waals surface area contributed by atoms with E-state index in [-0.39, 0.29) is 29.5 Å². The first kappa shape index (κ1) is 23.4. The number of amides is 2. The number of aliphatic carboxylic acids is 1. The molecule has 0 bridgehead atoms. The second-order valence-corrected chi connectivity index (χ2v) is 9.19. The highest BCUT2D eigenvalue weighted by Gasteiger charge is 2.53. The van der Waals surface area contributed by atoms with Crippen LogP contribution in [0.2, 0.25) is 0 Å². The van der Waals surface area contributed by atoms with Crippen molar-refractivity contribution in [1.82, 2.24) is 15.4 Å². The molecule has 2 amide bonds. The van der Waals surface area contributed by atoms with Crippen molar-refractivity contribution in [2.45, 2.75) is 18.0 Å². The molecule has 1 aromatic carbocycles. The predicted molar refractivity (Wildman–Crippen MR) is 126 cm³/mol. The number of nitrogens with zero attached hydrogens (tertiary/aromatic N) is 4. The van der Waals surface area contributed by atoms with E-state index in [4.69, 9.17) is 15.1 Å². The standard InChI is InChI=1S/C23H20N6O6S/c1-34-27-17(15-8-16(24)35-26-15)20(30)25-18-21(31)29-19(23(32)33)14(11-36-22(18)29)10-28-7-6-12-4-2-3-5-13(12)9-28/h2-9,18,22H,10-11H2,1H3,(H3-,24,25,26,30,32,33)/b27-17-/t18?,22-/m1/s1. The summed E-state index contributed by atoms with van der Waals surface area (Å²) in [7, 11) is 1.25. The molecular weight excluding hydrogens is 488 g/mol. The van der Waals surface area contributed by atoms with Gasteiger partial charge in [-0.05, 0) is 11.5 Å². The third-order valence-electron chi connectivity index (χ3n) is 5.82. The van der Waals surface area contributed by atoms with E-state index in [0.29, 0.717) is 11.3 Å². The lowest BCUT2D eigenvalue weighted by atomic mass is 10.0. The van der Waals surface area contributed by atoms with Gasteiger partial charge in [-0.3, -0.25) is 14.5 Å². The maximum Gasteiger partial charge on any atom is 0.276 e. The Balaban J connectivity index is 1.36. The van der Waals surface area contributed by atoms with E-state index in [9.17, 15) is 19.5 Å². The molecule has 0 spiro atoms. The van der Waals surface area contributed by atoms with Gasteiger partial charge in [-0.2, -0.15) is 0 Å². The molecule has 0 aliphatic carbocycles. The number of nitrogen functional groups attached to an aromatic ring is 1. The molecule has 184 valence electrons. The van der Waals surface area contributed by atoms with Crippen LogP contribution < -0.4 is 20.7 Å². The monoisotopic (exact) mass is 508 g/mol. The number of fused-ring (bicyclic) bond motifs is 2. The van der Waals surface area contributed by atoms with Gasteiger partial charge in [0.2, 0.25) is 5.88 Å². The Labute approximate surface area is 208 Å². The van der Waals surface area contributed by atoms with Gasteiger partial charge < -0.3 is 30.3 Å². The van der Waals surface area contributed by atoms with Gasteiger partial charge in [0.1, 0.15) is 24.2 Å². The molecule has 13 heteroatoms. The van der Waals surface area contributed by atoms with Crippen LogP contribution in [0.25, 0.3) is 10.8 Å². The van der Waals surface area contributed by atoms with Gasteiger partial charge in [-0.25, -0.2) is 4.57 Å². The van der Waals surface area contributed by atoms with E-state index in [2.05, 4.69) is 15.6 Å². The SMILES string of the molecule is CO/N=C(\C(=O)NC1C(=O)N2C(C(=O)[O-])=C(C[n+]3ccc4ccccc4c3)CS[C@H]12)c1cc(N)on1. The highest BCUT2D eigenvalue weighted by atomic mass is 32.2. The quantitative estimate of drug-likeness (QED) is 0.179. The second kappa shape index (κ2) is 9.34. The predicted octanol–water partition coefficient (Wildman–Crippen LogP) is -0.848. The Morgan fingerprint density at radius 2 is 2.14 bits per heavy atom. The first-order valence-electron chi connectivity index (χ1n) is 10.8. The van der Waals surface area contributed by atoms with Crippen molar-refractivity contribution in [2.24, 2.45) is 5.16 Å². The summed E-state index contributed by atoms with van der Waals surface area (Å²) in [5.74, 6) is -2.47. The number of carboxylic acid groups (broad SMARTS) is 1. The summed E-state index contributed by atoms with van der Waals surface area (Å²) in [6.07, 6.45) is 3.77. The lowest BCUT2D eigenvalue weighted by molar-refractivity contribution is -0.687. The zero-order chi connectivity index (χ0) is 25.4. The number of benzene rings is 1. The Morgan fingerprint density at radius 3 is 2.83 bits per heavy atom. The molecule has 5 rings (SSSR count). The summed E-state index contributed by atoms with van der Waals surface area (Å²) in [5, 5.41) is 23.4. The molecule has 2 atom stereocenters. The van der Waals surface area contributed by atoms with E-state index < -0.39 is 29.2 Å². The molecule has 2 aromatic heterocycles. The van der Waals surface area contributed by atoms with Gasteiger partial charge in [0, 0.05) is 28.8 Å². The van der Waals surface area contributed by atoms with Crippen molar-refractivity contribution in [3.8, 4) is 0 Å². The van der Waals surface area contributed by atoms with Crippen molar-refractivity contribution in [3.63, 3.8) is 0 Å². The number of oxime groups is 1. The van der Waals surface area contributed by atoms with Crippen LogP contribution in [-0.2, 0) is 25.8 Å². The minimum Gasteiger partial charge on any atom is -0.543 e. The molecule has 1 saturated heterocycles. The number of carboxylic acids is 1. The fourth-order valence-corrected chi connectivity index (χ4v) is 5.53. The molecule has 2 aliphatic rings. The average Bonchev–Trinajstić information content (AvgIpc) is 3.30. The number of anilines is 1. The Bertz CT molecular complexity index is 1450. The van der Waals surface area contributed by atoms with E-state index >= 15 is 0 Å². The van der Waals surface area contributed by atoms with E-state index in [1.807, 2.05) is 47.3 Å². The normalized spacial score (nSPS) is 19.6. The molecule has 0 radical (unpaired) electrons. The van der Waals surface area contributed by atoms with E-state index in [1.165, 1.54) is 24.9 Å². The average molecular weight is 509 g/mol. The van der Waals surface area contributed by atoms with Gasteiger partial charge >= 0.3 is 0 Å². The lowest BCUT2D eigenvalue weighted by Gasteiger charge is -2.50. The minimum absolute atomic E-state index is 0.0248. The summed E-state index contributed by atoms with van der Waals surface area (Å²) in [4.78, 5) is 43.8. The van der Waals surface area contributed by atoms with Crippen LogP contribution in [0.4, 0.5) is 5.88 Å².